The van der Waals surface area contributed by atoms with Crippen LogP contribution in [0.25, 0.3) is 0 Å². The Kier molecular flexibility index (Phi) is 25.0. The Morgan fingerprint density at radius 3 is 2.40 bits per heavy atom. The van der Waals surface area contributed by atoms with E-state index in [1.165, 1.54) is 25.1 Å². The van der Waals surface area contributed by atoms with Crippen molar-refractivity contribution in [1.29, 1.82) is 0 Å². The number of ether oxygens (including phenoxy) is 5. The minimum Gasteiger partial charge on any atom is -0.462 e. The molecule has 3 aliphatic heterocycles. The van der Waals surface area contributed by atoms with Gasteiger partial charge in [-0.15, -0.1) is 0 Å². The molecule has 3 heterocycles. The van der Waals surface area contributed by atoms with Crippen molar-refractivity contribution in [3.63, 3.8) is 0 Å². The number of rotatable bonds is 23. The number of benzene rings is 2. The van der Waals surface area contributed by atoms with Crippen LogP contribution in [0, 0.1) is 24.7 Å². The predicted molar refractivity (Wildman–Crippen MR) is 316 cm³/mol. The molecule has 0 spiro atoms. The molecule has 1 unspecified atom stereocenters. The van der Waals surface area contributed by atoms with E-state index in [0.717, 1.165) is 17.2 Å². The number of alkyl halides is 4. The Morgan fingerprint density at radius 2 is 1.75 bits per heavy atom. The van der Waals surface area contributed by atoms with Crippen LogP contribution in [0.3, 0.4) is 0 Å². The number of aliphatic hydroxyl groups is 1. The summed E-state index contributed by atoms with van der Waals surface area (Å²) in [5, 5.41) is 19.8. The fourth-order valence-electron chi connectivity index (χ4n) is 10.8. The Morgan fingerprint density at radius 1 is 1.05 bits per heavy atom. The number of halogens is 5. The smallest absolute Gasteiger partial charge is 0.418 e. The van der Waals surface area contributed by atoms with E-state index < -0.39 is 132 Å². The quantitative estimate of drug-likeness (QED) is 0.0173. The van der Waals surface area contributed by atoms with Crippen LogP contribution in [-0.2, 0) is 71.5 Å². The summed E-state index contributed by atoms with van der Waals surface area (Å²) >= 11 is 9.97. The van der Waals surface area contributed by atoms with Gasteiger partial charge in [0, 0.05) is 69.1 Å². The van der Waals surface area contributed by atoms with Crippen molar-refractivity contribution in [2.24, 2.45) is 23.5 Å². The van der Waals surface area contributed by atoms with Gasteiger partial charge in [0.15, 0.2) is 5.78 Å². The summed E-state index contributed by atoms with van der Waals surface area (Å²) in [6, 6.07) is 4.29. The minimum absolute atomic E-state index is 0.00272. The highest BCUT2D eigenvalue weighted by Crippen LogP contribution is 2.50. The minimum atomic E-state index is -5.12. The number of nitrogens with two attached hydrogens (primary N) is 1. The van der Waals surface area contributed by atoms with E-state index >= 15 is 13.2 Å². The van der Waals surface area contributed by atoms with Crippen molar-refractivity contribution in [3.05, 3.63) is 93.6 Å². The molecular weight excluding hydrogens is 1200 g/mol. The molecule has 5 amide bonds. The molecule has 2 aromatic carbocycles. The molecule has 2 fully saturated rings. The summed E-state index contributed by atoms with van der Waals surface area (Å²) in [7, 11) is 2.88. The number of amides is 5. The third-order valence-corrected chi connectivity index (χ3v) is 17.0. The van der Waals surface area contributed by atoms with Crippen molar-refractivity contribution in [2.75, 3.05) is 36.2 Å². The Hall–Kier alpha value is -6.14. The molecule has 3 aliphatic rings. The third kappa shape index (κ3) is 19.4. The van der Waals surface area contributed by atoms with Gasteiger partial charge in [-0.1, -0.05) is 90.8 Å². The SMILES string of the molecule is C=C(CBr)C(=O)OC(C)CCCCC(=O)C[C@H](C(=O)N[C@@H](CCCNC(N)=O)C(=O)Cc1ccc(NC(=O)O[C@H]2CC(=O)N(C)c3cc(cc(C)c3Cl)C/C(C)=C/C=C/[C@@H](OC)[C@]3(O)CC(=O)O[C@@H](C3)[C@@H](C)[C@@H]3O[C@@]23C)c(C(F)(F)F)c1)C(C)C. The third-order valence-electron chi connectivity index (χ3n) is 15.8. The van der Waals surface area contributed by atoms with Gasteiger partial charge < -0.3 is 50.1 Å². The lowest BCUT2D eigenvalue weighted by Gasteiger charge is -2.41. The highest BCUT2D eigenvalue weighted by Gasteiger charge is 2.64. The Bertz CT molecular complexity index is 2890. The number of carbonyl (C=O) groups is 8. The topological polar surface area (TPSA) is 272 Å². The first kappa shape index (κ1) is 69.6. The van der Waals surface area contributed by atoms with E-state index in [4.69, 9.17) is 41.0 Å². The highest BCUT2D eigenvalue weighted by molar-refractivity contribution is 9.09. The number of ketones is 2. The molecule has 10 atom stereocenters. The first-order chi connectivity index (χ1) is 39.8. The summed E-state index contributed by atoms with van der Waals surface area (Å²) in [6.45, 7) is 15.7. The standard InChI is InChI=1S/C61H80BrClF3N5O14/c1-33(2)42(28-41(72)17-12-11-16-37(6)82-56(77)36(5)32-62)55(76)69-45(18-14-22-68-57(67)78)47(73)27-39-20-21-44(43(25-39)61(64,65)66)70-58(79)84-50-29-51(74)71(9)46-26-40(24-35(4)53(46)63)23-34(3)15-13-19-49(81-10)60(80)30-48(83-52(75)31-60)38(7)54-59(50,8)85-54/h13,15,19-21,24-26,33,37-38,42,45,48-50,54,80H,5,11-12,14,16-18,22-23,27-32H2,1-4,6-10H3,(H,69,76)(H,70,79)(H3,67,68,78)/b19-13+,34-15+/t37?,38-,42+,45+,48+,49-,50+,54+,59+,60-/m1/s1. The maximum Gasteiger partial charge on any atom is 0.418 e. The van der Waals surface area contributed by atoms with Gasteiger partial charge in [0.2, 0.25) is 11.8 Å². The zero-order chi connectivity index (χ0) is 63.3. The number of allylic oxidation sites excluding steroid dienone is 3. The molecular formula is C61H80BrClF3N5O14. The molecule has 85 heavy (non-hydrogen) atoms. The maximum atomic E-state index is 15.1. The van der Waals surface area contributed by atoms with Crippen molar-refractivity contribution in [2.45, 2.75) is 179 Å². The van der Waals surface area contributed by atoms with Crippen LogP contribution in [0.2, 0.25) is 5.02 Å². The van der Waals surface area contributed by atoms with Gasteiger partial charge in [-0.2, -0.15) is 13.2 Å². The number of nitrogens with zero attached hydrogens (tertiary/aromatic N) is 1. The van der Waals surface area contributed by atoms with Crippen LogP contribution in [0.1, 0.15) is 128 Å². The van der Waals surface area contributed by atoms with Crippen LogP contribution < -0.4 is 26.6 Å². The second kappa shape index (κ2) is 30.5. The molecule has 0 saturated carbocycles. The van der Waals surface area contributed by atoms with Gasteiger partial charge in [-0.25, -0.2) is 14.4 Å². The molecule has 0 radical (unpaired) electrons. The lowest BCUT2D eigenvalue weighted by atomic mass is 9.78. The molecule has 2 aromatic rings. The zero-order valence-electron chi connectivity index (χ0n) is 49.6. The fraction of sp³-hybridized carbons (Fsp3) is 0.574. The fourth-order valence-corrected chi connectivity index (χ4v) is 11.2. The number of aryl methyl sites for hydroxylation is 1. The van der Waals surface area contributed by atoms with Crippen molar-refractivity contribution < 1.29 is 80.3 Å². The number of epoxide rings is 1. The summed E-state index contributed by atoms with van der Waals surface area (Å²) in [6.07, 6.45) is -5.76. The predicted octanol–water partition coefficient (Wildman–Crippen LogP) is 9.66. The van der Waals surface area contributed by atoms with Gasteiger partial charge in [-0.05, 0) is 107 Å². The molecule has 24 heteroatoms. The van der Waals surface area contributed by atoms with E-state index in [-0.39, 0.29) is 78.3 Å². The highest BCUT2D eigenvalue weighted by atomic mass is 79.9. The van der Waals surface area contributed by atoms with Gasteiger partial charge in [-0.3, -0.25) is 29.3 Å². The van der Waals surface area contributed by atoms with Crippen molar-refractivity contribution in [3.8, 4) is 0 Å². The number of Topliss-reactive ketones (excluding diaryl/α,β-unsaturated/α-hetero) is 2. The molecule has 0 aromatic heterocycles. The number of nitrogens with one attached hydrogen (secondary N) is 3. The summed E-state index contributed by atoms with van der Waals surface area (Å²) in [5.41, 5.74) is 2.66. The average Bonchev–Trinajstić information content (AvgIpc) is 1.64. The van der Waals surface area contributed by atoms with Crippen molar-refractivity contribution in [1.82, 2.24) is 10.6 Å². The normalized spacial score (nSPS) is 24.7. The Labute approximate surface area is 507 Å². The number of anilines is 2. The second-order valence-electron chi connectivity index (χ2n) is 23.1. The number of urea groups is 1. The molecule has 468 valence electrons. The zero-order valence-corrected chi connectivity index (χ0v) is 51.9. The van der Waals surface area contributed by atoms with Gasteiger partial charge >= 0.3 is 30.2 Å². The van der Waals surface area contributed by atoms with Crippen molar-refractivity contribution >= 4 is 86.3 Å². The lowest BCUT2D eigenvalue weighted by molar-refractivity contribution is -0.187. The number of hydrogen-bond donors (Lipinski definition) is 5. The summed E-state index contributed by atoms with van der Waals surface area (Å²) in [4.78, 5) is 108. The van der Waals surface area contributed by atoms with Crippen LogP contribution in [0.4, 0.5) is 34.1 Å². The van der Waals surface area contributed by atoms with E-state index in [9.17, 15) is 43.5 Å². The summed E-state index contributed by atoms with van der Waals surface area (Å²) < 4.78 is 74.1. The van der Waals surface area contributed by atoms with Gasteiger partial charge in [0.05, 0.1) is 53.1 Å². The van der Waals surface area contributed by atoms with Crippen LogP contribution in [-0.4, -0.2) is 126 Å². The van der Waals surface area contributed by atoms with Crippen LogP contribution in [0.15, 0.2) is 66.3 Å². The lowest BCUT2D eigenvalue weighted by Crippen LogP contribution is -2.53. The molecule has 4 bridgehead atoms. The van der Waals surface area contributed by atoms with Gasteiger partial charge in [0.1, 0.15) is 35.3 Å². The number of esters is 2. The summed E-state index contributed by atoms with van der Waals surface area (Å²) in [5.74, 6) is -5.35. The molecule has 6 N–H and O–H groups in total. The number of carbonyl (C=O) groups excluding carboxylic acids is 8. The van der Waals surface area contributed by atoms with E-state index in [1.807, 2.05) is 19.1 Å². The maximum absolute atomic E-state index is 15.1. The first-order valence-corrected chi connectivity index (χ1v) is 29.8. The second-order valence-corrected chi connectivity index (χ2v) is 24.0. The van der Waals surface area contributed by atoms with Crippen LogP contribution >= 0.6 is 27.5 Å². The number of fused-ring (bicyclic) bond motifs is 5. The average molecular weight is 1280 g/mol. The molecule has 19 nitrogen and oxygen atoms in total. The number of methoxy groups -OCH3 is 1. The number of unbranched alkanes of at least 4 members (excludes halogenated alkanes) is 1. The van der Waals surface area contributed by atoms with E-state index in [2.05, 4.69) is 38.5 Å². The van der Waals surface area contributed by atoms with E-state index in [1.54, 1.807) is 59.8 Å². The Balaban J connectivity index is 1.37. The monoisotopic (exact) mass is 1280 g/mol. The van der Waals surface area contributed by atoms with Gasteiger partial charge in [0.25, 0.3) is 0 Å². The molecule has 2 saturated heterocycles. The van der Waals surface area contributed by atoms with E-state index in [0.29, 0.717) is 43.0 Å². The molecule has 0 aliphatic carbocycles. The molecule has 5 rings (SSSR count). The van der Waals surface area contributed by atoms with Crippen LogP contribution in [0.5, 0.6) is 0 Å². The largest absolute Gasteiger partial charge is 0.462 e. The number of hydrogen-bond acceptors (Lipinski definition) is 14. The number of primary amides is 1. The first-order valence-electron chi connectivity index (χ1n) is 28.3.